The fraction of sp³-hybridized carbons (Fsp3) is 0.333. The highest BCUT2D eigenvalue weighted by molar-refractivity contribution is 5.97. The molecule has 96 valence electrons. The molecule has 2 amide bonds. The van der Waals surface area contributed by atoms with Gasteiger partial charge >= 0.3 is 0 Å². The van der Waals surface area contributed by atoms with Crippen molar-refractivity contribution in [1.29, 1.82) is 0 Å². The van der Waals surface area contributed by atoms with E-state index in [4.69, 9.17) is 0 Å². The van der Waals surface area contributed by atoms with E-state index in [-0.39, 0.29) is 35.4 Å². The van der Waals surface area contributed by atoms with Crippen LogP contribution in [0.25, 0.3) is 0 Å². The number of carbonyl (C=O) groups excluding carboxylic acids is 2. The standard InChI is InChI=1S/C12H14N2O4/c1-13-4-5-14(7-11(13)17)12(18)8-2-3-9(15)10(16)6-8/h2-3,6,15-16H,4-5,7H2,1H3. The van der Waals surface area contributed by atoms with Crippen LogP contribution in [0.3, 0.4) is 0 Å². The second-order valence-corrected chi connectivity index (χ2v) is 4.25. The lowest BCUT2D eigenvalue weighted by Gasteiger charge is -2.32. The lowest BCUT2D eigenvalue weighted by atomic mass is 10.1. The van der Waals surface area contributed by atoms with Crippen LogP contribution in [0.2, 0.25) is 0 Å². The van der Waals surface area contributed by atoms with Gasteiger partial charge in [-0.25, -0.2) is 0 Å². The summed E-state index contributed by atoms with van der Waals surface area (Å²) in [5, 5.41) is 18.5. The number of phenols is 2. The fourth-order valence-corrected chi connectivity index (χ4v) is 1.77. The van der Waals surface area contributed by atoms with Crippen LogP contribution in [0.4, 0.5) is 0 Å². The third-order valence-electron chi connectivity index (χ3n) is 2.97. The average Bonchev–Trinajstić information content (AvgIpc) is 2.35. The minimum absolute atomic E-state index is 0.0387. The summed E-state index contributed by atoms with van der Waals surface area (Å²) < 4.78 is 0. The molecule has 0 radical (unpaired) electrons. The van der Waals surface area contributed by atoms with Crippen LogP contribution in [0.1, 0.15) is 10.4 Å². The molecule has 0 bridgehead atoms. The minimum Gasteiger partial charge on any atom is -0.504 e. The third-order valence-corrected chi connectivity index (χ3v) is 2.97. The maximum Gasteiger partial charge on any atom is 0.254 e. The monoisotopic (exact) mass is 250 g/mol. The van der Waals surface area contributed by atoms with Crippen LogP contribution in [0.15, 0.2) is 18.2 Å². The molecule has 1 aromatic rings. The predicted octanol–water partition coefficient (Wildman–Crippen LogP) is 0.0120. The number of nitrogens with zero attached hydrogens (tertiary/aromatic N) is 2. The molecule has 18 heavy (non-hydrogen) atoms. The van der Waals surface area contributed by atoms with Crippen LogP contribution in [-0.4, -0.2) is 58.5 Å². The maximum atomic E-state index is 12.1. The van der Waals surface area contributed by atoms with Gasteiger partial charge in [0.2, 0.25) is 5.91 Å². The SMILES string of the molecule is CN1CCN(C(=O)c2ccc(O)c(O)c2)CC1=O. The molecule has 0 unspecified atom stereocenters. The molecular weight excluding hydrogens is 236 g/mol. The molecule has 1 fully saturated rings. The molecule has 6 nitrogen and oxygen atoms in total. The Morgan fingerprint density at radius 1 is 1.22 bits per heavy atom. The number of hydrogen-bond donors (Lipinski definition) is 2. The van der Waals surface area contributed by atoms with Crippen molar-refractivity contribution >= 4 is 11.8 Å². The summed E-state index contributed by atoms with van der Waals surface area (Å²) in [4.78, 5) is 26.6. The van der Waals surface area contributed by atoms with Crippen molar-refractivity contribution in [3.05, 3.63) is 23.8 Å². The number of hydrogen-bond acceptors (Lipinski definition) is 4. The first kappa shape index (κ1) is 12.2. The van der Waals surface area contributed by atoms with Crippen molar-refractivity contribution in [2.45, 2.75) is 0 Å². The lowest BCUT2D eigenvalue weighted by Crippen LogP contribution is -2.50. The number of phenolic OH excluding ortho intramolecular Hbond substituents is 2. The number of rotatable bonds is 1. The molecule has 2 rings (SSSR count). The van der Waals surface area contributed by atoms with Crippen LogP contribution in [-0.2, 0) is 4.79 Å². The van der Waals surface area contributed by atoms with Gasteiger partial charge in [-0.1, -0.05) is 0 Å². The molecule has 0 saturated carbocycles. The maximum absolute atomic E-state index is 12.1. The van der Waals surface area contributed by atoms with Gasteiger partial charge in [-0.2, -0.15) is 0 Å². The summed E-state index contributed by atoms with van der Waals surface area (Å²) in [6, 6.07) is 3.86. The molecule has 0 atom stereocenters. The summed E-state index contributed by atoms with van der Waals surface area (Å²) in [5.41, 5.74) is 0.252. The van der Waals surface area contributed by atoms with E-state index in [0.29, 0.717) is 13.1 Å². The molecule has 1 heterocycles. The molecule has 1 aliphatic rings. The third kappa shape index (κ3) is 2.22. The highest BCUT2D eigenvalue weighted by Crippen LogP contribution is 2.25. The number of benzene rings is 1. The van der Waals surface area contributed by atoms with E-state index in [1.54, 1.807) is 11.9 Å². The molecule has 2 N–H and O–H groups in total. The Morgan fingerprint density at radius 2 is 1.94 bits per heavy atom. The van der Waals surface area contributed by atoms with Gasteiger partial charge in [-0.15, -0.1) is 0 Å². The molecular formula is C12H14N2O4. The van der Waals surface area contributed by atoms with Crippen molar-refractivity contribution in [1.82, 2.24) is 9.80 Å². The molecule has 1 saturated heterocycles. The van der Waals surface area contributed by atoms with E-state index >= 15 is 0 Å². The second kappa shape index (κ2) is 4.56. The zero-order valence-corrected chi connectivity index (χ0v) is 9.96. The Morgan fingerprint density at radius 3 is 2.56 bits per heavy atom. The smallest absolute Gasteiger partial charge is 0.254 e. The summed E-state index contributed by atoms with van der Waals surface area (Å²) >= 11 is 0. The predicted molar refractivity (Wildman–Crippen MR) is 63.3 cm³/mol. The molecule has 0 spiro atoms. The summed E-state index contributed by atoms with van der Waals surface area (Å²) in [6.07, 6.45) is 0. The summed E-state index contributed by atoms with van der Waals surface area (Å²) in [5.74, 6) is -1.06. The van der Waals surface area contributed by atoms with Crippen molar-refractivity contribution in [3.63, 3.8) is 0 Å². The van der Waals surface area contributed by atoms with Gasteiger partial charge in [0.15, 0.2) is 11.5 Å². The quantitative estimate of drug-likeness (QED) is 0.688. The van der Waals surface area contributed by atoms with E-state index in [0.717, 1.165) is 0 Å². The Bertz CT molecular complexity index is 501. The van der Waals surface area contributed by atoms with Gasteiger partial charge in [0.05, 0.1) is 0 Å². The zero-order valence-electron chi connectivity index (χ0n) is 9.96. The molecule has 0 aliphatic carbocycles. The van der Waals surface area contributed by atoms with Gasteiger partial charge in [0.1, 0.15) is 6.54 Å². The first-order valence-electron chi connectivity index (χ1n) is 5.54. The van der Waals surface area contributed by atoms with Crippen molar-refractivity contribution < 1.29 is 19.8 Å². The van der Waals surface area contributed by atoms with E-state index in [9.17, 15) is 19.8 Å². The minimum atomic E-state index is -0.346. The number of carbonyl (C=O) groups is 2. The van der Waals surface area contributed by atoms with Gasteiger partial charge in [0, 0.05) is 25.7 Å². The molecule has 6 heteroatoms. The van der Waals surface area contributed by atoms with E-state index in [1.807, 2.05) is 0 Å². The number of likely N-dealkylation sites (N-methyl/N-ethyl adjacent to an activating group) is 1. The van der Waals surface area contributed by atoms with Gasteiger partial charge in [0.25, 0.3) is 5.91 Å². The Kier molecular flexibility index (Phi) is 3.10. The number of aromatic hydroxyl groups is 2. The largest absolute Gasteiger partial charge is 0.504 e. The topological polar surface area (TPSA) is 81.1 Å². The summed E-state index contributed by atoms with van der Waals surface area (Å²) in [6.45, 7) is 0.994. The highest BCUT2D eigenvalue weighted by Gasteiger charge is 2.25. The van der Waals surface area contributed by atoms with Crippen molar-refractivity contribution in [2.24, 2.45) is 0 Å². The fourth-order valence-electron chi connectivity index (χ4n) is 1.77. The summed E-state index contributed by atoms with van der Waals surface area (Å²) in [7, 11) is 1.69. The lowest BCUT2D eigenvalue weighted by molar-refractivity contribution is -0.133. The van der Waals surface area contributed by atoms with Crippen LogP contribution in [0, 0.1) is 0 Å². The van der Waals surface area contributed by atoms with Gasteiger partial charge in [-0.3, -0.25) is 9.59 Å². The van der Waals surface area contributed by atoms with Crippen molar-refractivity contribution in [3.8, 4) is 11.5 Å². The average molecular weight is 250 g/mol. The van der Waals surface area contributed by atoms with E-state index < -0.39 is 0 Å². The van der Waals surface area contributed by atoms with Gasteiger partial charge in [-0.05, 0) is 18.2 Å². The van der Waals surface area contributed by atoms with Crippen molar-refractivity contribution in [2.75, 3.05) is 26.7 Å². The Hall–Kier alpha value is -2.24. The van der Waals surface area contributed by atoms with E-state index in [2.05, 4.69) is 0 Å². The highest BCUT2D eigenvalue weighted by atomic mass is 16.3. The van der Waals surface area contributed by atoms with Crippen LogP contribution in [0.5, 0.6) is 11.5 Å². The number of amides is 2. The Labute approximate surface area is 104 Å². The van der Waals surface area contributed by atoms with Crippen LogP contribution >= 0.6 is 0 Å². The molecule has 0 aromatic heterocycles. The number of piperazine rings is 1. The zero-order chi connectivity index (χ0) is 13.3. The van der Waals surface area contributed by atoms with E-state index in [1.165, 1.54) is 23.1 Å². The first-order chi connectivity index (χ1) is 8.49. The first-order valence-corrected chi connectivity index (χ1v) is 5.54. The second-order valence-electron chi connectivity index (χ2n) is 4.25. The molecule has 1 aliphatic heterocycles. The van der Waals surface area contributed by atoms with Crippen LogP contribution < -0.4 is 0 Å². The van der Waals surface area contributed by atoms with Gasteiger partial charge < -0.3 is 20.0 Å². The normalized spacial score (nSPS) is 15.9. The Balaban J connectivity index is 2.16. The molecule has 1 aromatic carbocycles.